The van der Waals surface area contributed by atoms with Gasteiger partial charge in [-0.3, -0.25) is 0 Å². The molecule has 0 N–H and O–H groups in total. The SMILES string of the molecule is Cc1ccc(S(=O)(=O)N(Cc2ccccc2)C(=O)O[C@H]2C[C@]3(C(C)C)CC[C@@]2(C)O3)cc1. The maximum absolute atomic E-state index is 13.5. The molecule has 0 aliphatic carbocycles. The number of ether oxygens (including phenoxy) is 2. The van der Waals surface area contributed by atoms with E-state index in [9.17, 15) is 13.2 Å². The molecule has 2 aliphatic heterocycles. The average Bonchev–Trinajstić information content (AvgIpc) is 3.25. The van der Waals surface area contributed by atoms with Crippen LogP contribution in [0.4, 0.5) is 4.79 Å². The van der Waals surface area contributed by atoms with Gasteiger partial charge in [-0.05, 0) is 50.3 Å². The molecule has 0 radical (unpaired) electrons. The minimum atomic E-state index is -4.10. The number of fused-ring (bicyclic) bond motifs is 2. The summed E-state index contributed by atoms with van der Waals surface area (Å²) in [6.07, 6.45) is 0.932. The van der Waals surface area contributed by atoms with Gasteiger partial charge in [-0.1, -0.05) is 61.9 Å². The standard InChI is InChI=1S/C25H31NO5S/c1-18(2)25-15-14-24(4,31-25)22(16-25)30-23(27)26(17-20-8-6-5-7-9-20)32(28,29)21-12-10-19(3)11-13-21/h5-13,18,22H,14-17H2,1-4H3/t22-,24+,25-/m0/s1. The molecule has 1 amide bonds. The molecule has 2 saturated heterocycles. The zero-order valence-electron chi connectivity index (χ0n) is 19.1. The van der Waals surface area contributed by atoms with E-state index < -0.39 is 27.8 Å². The van der Waals surface area contributed by atoms with Crippen LogP contribution in [-0.4, -0.2) is 36.1 Å². The second-order valence-electron chi connectivity index (χ2n) is 9.52. The summed E-state index contributed by atoms with van der Waals surface area (Å²) in [4.78, 5) is 13.4. The van der Waals surface area contributed by atoms with E-state index in [1.54, 1.807) is 24.3 Å². The molecule has 0 aromatic heterocycles. The summed E-state index contributed by atoms with van der Waals surface area (Å²) in [5, 5.41) is 0. The fourth-order valence-electron chi connectivity index (χ4n) is 4.75. The van der Waals surface area contributed by atoms with Crippen molar-refractivity contribution in [2.45, 2.75) is 75.7 Å². The van der Waals surface area contributed by atoms with Crippen LogP contribution < -0.4 is 0 Å². The van der Waals surface area contributed by atoms with Gasteiger partial charge >= 0.3 is 6.09 Å². The molecule has 32 heavy (non-hydrogen) atoms. The third-order valence-electron chi connectivity index (χ3n) is 6.97. The normalized spacial score (nSPS) is 27.0. The van der Waals surface area contributed by atoms with Crippen LogP contribution in [0.15, 0.2) is 59.5 Å². The number of sulfonamides is 1. The summed E-state index contributed by atoms with van der Waals surface area (Å²) in [6, 6.07) is 15.5. The highest BCUT2D eigenvalue weighted by molar-refractivity contribution is 7.89. The molecule has 6 nitrogen and oxygen atoms in total. The zero-order chi connectivity index (χ0) is 23.1. The van der Waals surface area contributed by atoms with Crippen molar-refractivity contribution in [1.82, 2.24) is 4.31 Å². The minimum absolute atomic E-state index is 0.0602. The molecule has 4 rings (SSSR count). The molecule has 2 heterocycles. The van der Waals surface area contributed by atoms with E-state index in [-0.39, 0.29) is 23.0 Å². The first-order valence-corrected chi connectivity index (χ1v) is 12.5. The van der Waals surface area contributed by atoms with Crippen molar-refractivity contribution < 1.29 is 22.7 Å². The van der Waals surface area contributed by atoms with Gasteiger partial charge in [0.2, 0.25) is 0 Å². The van der Waals surface area contributed by atoms with Crippen LogP contribution in [0.25, 0.3) is 0 Å². The first-order valence-electron chi connectivity index (χ1n) is 11.1. The first-order chi connectivity index (χ1) is 15.1. The third kappa shape index (κ3) is 4.04. The number of carbonyl (C=O) groups excluding carboxylic acids is 1. The summed E-state index contributed by atoms with van der Waals surface area (Å²) in [6.45, 7) is 7.96. The molecule has 0 unspecified atom stereocenters. The zero-order valence-corrected chi connectivity index (χ0v) is 19.9. The number of nitrogens with zero attached hydrogens (tertiary/aromatic N) is 1. The number of hydrogen-bond acceptors (Lipinski definition) is 5. The molecule has 2 aromatic carbocycles. The van der Waals surface area contributed by atoms with Crippen LogP contribution >= 0.6 is 0 Å². The lowest BCUT2D eigenvalue weighted by molar-refractivity contribution is -0.0827. The summed E-state index contributed by atoms with van der Waals surface area (Å²) in [5.41, 5.74) is 0.729. The number of rotatable bonds is 6. The number of hydrogen-bond donors (Lipinski definition) is 0. The average molecular weight is 458 g/mol. The molecule has 3 atom stereocenters. The second-order valence-corrected chi connectivity index (χ2v) is 11.4. The van der Waals surface area contributed by atoms with Gasteiger partial charge in [-0.25, -0.2) is 13.2 Å². The molecule has 0 saturated carbocycles. The van der Waals surface area contributed by atoms with Crippen molar-refractivity contribution in [2.24, 2.45) is 5.92 Å². The van der Waals surface area contributed by atoms with Crippen molar-refractivity contribution in [1.29, 1.82) is 0 Å². The molecule has 2 aromatic rings. The van der Waals surface area contributed by atoms with E-state index in [0.717, 1.165) is 22.7 Å². The lowest BCUT2D eigenvalue weighted by Crippen LogP contribution is -2.44. The van der Waals surface area contributed by atoms with Crippen molar-refractivity contribution >= 4 is 16.1 Å². The summed E-state index contributed by atoms with van der Waals surface area (Å²) in [7, 11) is -4.10. The Bertz CT molecular complexity index is 1080. The number of benzene rings is 2. The highest BCUT2D eigenvalue weighted by Crippen LogP contribution is 2.55. The summed E-state index contributed by atoms with van der Waals surface area (Å²) in [5.74, 6) is 0.282. The van der Waals surface area contributed by atoms with Crippen LogP contribution in [0.2, 0.25) is 0 Å². The molecule has 7 heteroatoms. The van der Waals surface area contributed by atoms with E-state index in [4.69, 9.17) is 9.47 Å². The second kappa shape index (κ2) is 8.19. The molecular formula is C25H31NO5S. The number of aryl methyl sites for hydroxylation is 1. The molecule has 2 aliphatic rings. The third-order valence-corrected chi connectivity index (χ3v) is 8.70. The lowest BCUT2D eigenvalue weighted by Gasteiger charge is -2.32. The molecular weight excluding hydrogens is 426 g/mol. The monoisotopic (exact) mass is 457 g/mol. The molecule has 172 valence electrons. The van der Waals surface area contributed by atoms with E-state index in [2.05, 4.69) is 13.8 Å². The maximum atomic E-state index is 13.5. The maximum Gasteiger partial charge on any atom is 0.424 e. The van der Waals surface area contributed by atoms with Crippen molar-refractivity contribution in [3.63, 3.8) is 0 Å². The van der Waals surface area contributed by atoms with Gasteiger partial charge in [0.25, 0.3) is 10.0 Å². The van der Waals surface area contributed by atoms with Crippen LogP contribution in [0.3, 0.4) is 0 Å². The Morgan fingerprint density at radius 2 is 1.78 bits per heavy atom. The summed E-state index contributed by atoms with van der Waals surface area (Å²) < 4.78 is 40.0. The first kappa shape index (κ1) is 22.8. The van der Waals surface area contributed by atoms with Gasteiger partial charge in [0.1, 0.15) is 11.7 Å². The van der Waals surface area contributed by atoms with Crippen molar-refractivity contribution in [2.75, 3.05) is 0 Å². The van der Waals surface area contributed by atoms with Gasteiger partial charge in [0.05, 0.1) is 17.0 Å². The van der Waals surface area contributed by atoms with E-state index in [1.807, 2.05) is 32.0 Å². The Hall–Kier alpha value is -2.38. The Kier molecular flexibility index (Phi) is 5.84. The van der Waals surface area contributed by atoms with Crippen LogP contribution in [0, 0.1) is 12.8 Å². The Morgan fingerprint density at radius 3 is 2.38 bits per heavy atom. The van der Waals surface area contributed by atoms with Gasteiger partial charge in [0, 0.05) is 6.42 Å². The van der Waals surface area contributed by atoms with Gasteiger partial charge < -0.3 is 9.47 Å². The molecule has 2 bridgehead atoms. The van der Waals surface area contributed by atoms with Gasteiger partial charge in [-0.2, -0.15) is 4.31 Å². The Balaban J connectivity index is 1.63. The quantitative estimate of drug-likeness (QED) is 0.606. The van der Waals surface area contributed by atoms with E-state index >= 15 is 0 Å². The van der Waals surface area contributed by atoms with E-state index in [1.165, 1.54) is 12.1 Å². The highest BCUT2D eigenvalue weighted by Gasteiger charge is 2.62. The fraction of sp³-hybridized carbons (Fsp3) is 0.480. The number of carbonyl (C=O) groups is 1. The van der Waals surface area contributed by atoms with Crippen LogP contribution in [0.1, 0.15) is 51.2 Å². The van der Waals surface area contributed by atoms with Gasteiger partial charge in [-0.15, -0.1) is 0 Å². The lowest BCUT2D eigenvalue weighted by atomic mass is 9.75. The predicted octanol–water partition coefficient (Wildman–Crippen LogP) is 5.06. The minimum Gasteiger partial charge on any atom is -0.442 e. The van der Waals surface area contributed by atoms with Crippen molar-refractivity contribution in [3.05, 3.63) is 65.7 Å². The highest BCUT2D eigenvalue weighted by atomic mass is 32.2. The smallest absolute Gasteiger partial charge is 0.424 e. The van der Waals surface area contributed by atoms with Crippen LogP contribution in [-0.2, 0) is 26.0 Å². The fourth-order valence-corrected chi connectivity index (χ4v) is 6.04. The topological polar surface area (TPSA) is 72.9 Å². The Morgan fingerprint density at radius 1 is 1.12 bits per heavy atom. The van der Waals surface area contributed by atoms with E-state index in [0.29, 0.717) is 12.0 Å². The van der Waals surface area contributed by atoms with Crippen molar-refractivity contribution in [3.8, 4) is 0 Å². The molecule has 0 spiro atoms. The van der Waals surface area contributed by atoms with Crippen LogP contribution in [0.5, 0.6) is 0 Å². The van der Waals surface area contributed by atoms with Gasteiger partial charge in [0.15, 0.2) is 0 Å². The Labute approximate surface area is 190 Å². The largest absolute Gasteiger partial charge is 0.442 e. The molecule has 2 fully saturated rings. The number of amides is 1. The summed E-state index contributed by atoms with van der Waals surface area (Å²) >= 11 is 0. The predicted molar refractivity (Wildman–Crippen MR) is 122 cm³/mol.